The van der Waals surface area contributed by atoms with Gasteiger partial charge in [0.1, 0.15) is 0 Å². The second-order valence-electron chi connectivity index (χ2n) is 6.64. The molecule has 18 heavy (non-hydrogen) atoms. The predicted octanol–water partition coefficient (Wildman–Crippen LogP) is 3.52. The van der Waals surface area contributed by atoms with Crippen molar-refractivity contribution in [2.45, 2.75) is 72.4 Å². The van der Waals surface area contributed by atoms with E-state index in [-0.39, 0.29) is 0 Å². The summed E-state index contributed by atoms with van der Waals surface area (Å²) in [6.07, 6.45) is 5.26. The molecule has 2 heteroatoms. The summed E-state index contributed by atoms with van der Waals surface area (Å²) in [5.74, 6) is 1.64. The van der Waals surface area contributed by atoms with Crippen molar-refractivity contribution in [1.29, 1.82) is 0 Å². The molecule has 1 aliphatic rings. The first kappa shape index (κ1) is 16.0. The minimum Gasteiger partial charge on any atom is -0.311 e. The number of hydrogen-bond acceptors (Lipinski definition) is 2. The van der Waals surface area contributed by atoms with Crippen molar-refractivity contribution < 1.29 is 0 Å². The van der Waals surface area contributed by atoms with Crippen LogP contribution in [-0.4, -0.2) is 36.6 Å². The van der Waals surface area contributed by atoms with Crippen molar-refractivity contribution in [2.24, 2.45) is 11.8 Å². The van der Waals surface area contributed by atoms with Crippen LogP contribution in [0.5, 0.6) is 0 Å². The Labute approximate surface area is 115 Å². The Morgan fingerprint density at radius 3 is 2.50 bits per heavy atom. The molecule has 1 N–H and O–H groups in total. The van der Waals surface area contributed by atoms with Crippen molar-refractivity contribution in [3.05, 3.63) is 0 Å². The predicted molar refractivity (Wildman–Crippen MR) is 81.0 cm³/mol. The zero-order valence-corrected chi connectivity index (χ0v) is 13.2. The van der Waals surface area contributed by atoms with Crippen LogP contribution in [0.15, 0.2) is 0 Å². The number of nitrogens with zero attached hydrogens (tertiary/aromatic N) is 1. The standard InChI is InChI=1S/C16H34N2/c1-6-8-15-12-18(11-14(5)7-2)16(10-17-15)9-13(3)4/h13-17H,6-12H2,1-5H3. The van der Waals surface area contributed by atoms with E-state index >= 15 is 0 Å². The van der Waals surface area contributed by atoms with Crippen LogP contribution in [0.2, 0.25) is 0 Å². The van der Waals surface area contributed by atoms with Crippen molar-refractivity contribution in [3.8, 4) is 0 Å². The minimum atomic E-state index is 0.725. The molecule has 2 nitrogen and oxygen atoms in total. The van der Waals surface area contributed by atoms with E-state index in [0.717, 1.165) is 23.9 Å². The number of nitrogens with one attached hydrogen (secondary N) is 1. The fourth-order valence-corrected chi connectivity index (χ4v) is 3.00. The van der Waals surface area contributed by atoms with Crippen molar-refractivity contribution in [3.63, 3.8) is 0 Å². The third-order valence-corrected chi connectivity index (χ3v) is 4.24. The maximum absolute atomic E-state index is 3.76. The van der Waals surface area contributed by atoms with Crippen LogP contribution in [0.4, 0.5) is 0 Å². The van der Waals surface area contributed by atoms with Gasteiger partial charge in [0, 0.05) is 31.7 Å². The Bertz CT molecular complexity index is 215. The van der Waals surface area contributed by atoms with E-state index in [1.54, 1.807) is 0 Å². The number of piperazine rings is 1. The van der Waals surface area contributed by atoms with Crippen LogP contribution in [0.1, 0.15) is 60.3 Å². The third-order valence-electron chi connectivity index (χ3n) is 4.24. The molecule has 0 radical (unpaired) electrons. The molecule has 0 aromatic rings. The molecular weight excluding hydrogens is 220 g/mol. The first-order chi connectivity index (χ1) is 8.56. The second kappa shape index (κ2) is 8.16. The molecule has 0 amide bonds. The first-order valence-electron chi connectivity index (χ1n) is 8.04. The lowest BCUT2D eigenvalue weighted by Crippen LogP contribution is -2.57. The fourth-order valence-electron chi connectivity index (χ4n) is 3.00. The zero-order chi connectivity index (χ0) is 13.5. The van der Waals surface area contributed by atoms with Gasteiger partial charge in [0.25, 0.3) is 0 Å². The molecule has 0 aromatic heterocycles. The summed E-state index contributed by atoms with van der Waals surface area (Å²) in [7, 11) is 0. The minimum absolute atomic E-state index is 0.725. The molecule has 0 aliphatic carbocycles. The van der Waals surface area contributed by atoms with Gasteiger partial charge in [-0.3, -0.25) is 4.90 Å². The maximum Gasteiger partial charge on any atom is 0.0223 e. The van der Waals surface area contributed by atoms with E-state index in [9.17, 15) is 0 Å². The molecular formula is C16H34N2. The topological polar surface area (TPSA) is 15.3 Å². The van der Waals surface area contributed by atoms with Gasteiger partial charge in [0.15, 0.2) is 0 Å². The molecule has 108 valence electrons. The third kappa shape index (κ3) is 5.27. The number of rotatable bonds is 7. The van der Waals surface area contributed by atoms with Crippen LogP contribution in [-0.2, 0) is 0 Å². The van der Waals surface area contributed by atoms with Gasteiger partial charge in [-0.05, 0) is 24.7 Å². The maximum atomic E-state index is 3.76. The molecule has 1 saturated heterocycles. The van der Waals surface area contributed by atoms with Crippen LogP contribution in [0.3, 0.4) is 0 Å². The Kier molecular flexibility index (Phi) is 7.25. The summed E-state index contributed by atoms with van der Waals surface area (Å²) in [6, 6.07) is 1.48. The molecule has 0 spiro atoms. The summed E-state index contributed by atoms with van der Waals surface area (Å²) in [6.45, 7) is 15.4. The van der Waals surface area contributed by atoms with Gasteiger partial charge in [0.05, 0.1) is 0 Å². The molecule has 1 rings (SSSR count). The van der Waals surface area contributed by atoms with E-state index in [1.165, 1.54) is 45.3 Å². The summed E-state index contributed by atoms with van der Waals surface area (Å²) in [5.41, 5.74) is 0. The first-order valence-corrected chi connectivity index (χ1v) is 8.04. The molecule has 1 aliphatic heterocycles. The van der Waals surface area contributed by atoms with E-state index in [4.69, 9.17) is 0 Å². The van der Waals surface area contributed by atoms with Gasteiger partial charge >= 0.3 is 0 Å². The van der Waals surface area contributed by atoms with E-state index in [0.29, 0.717) is 0 Å². The highest BCUT2D eigenvalue weighted by Crippen LogP contribution is 2.19. The Morgan fingerprint density at radius 2 is 1.94 bits per heavy atom. The monoisotopic (exact) mass is 254 g/mol. The van der Waals surface area contributed by atoms with Crippen LogP contribution >= 0.6 is 0 Å². The molecule has 0 saturated carbocycles. The summed E-state index contributed by atoms with van der Waals surface area (Å²) >= 11 is 0. The van der Waals surface area contributed by atoms with Crippen LogP contribution in [0, 0.1) is 11.8 Å². The Hall–Kier alpha value is -0.0800. The van der Waals surface area contributed by atoms with Crippen molar-refractivity contribution >= 4 is 0 Å². The average Bonchev–Trinajstić information content (AvgIpc) is 2.32. The number of hydrogen-bond donors (Lipinski definition) is 1. The SMILES string of the molecule is CCCC1CN(CC(C)CC)C(CC(C)C)CN1. The quantitative estimate of drug-likeness (QED) is 0.748. The lowest BCUT2D eigenvalue weighted by molar-refractivity contribution is 0.0949. The molecule has 3 atom stereocenters. The Balaban J connectivity index is 2.54. The lowest BCUT2D eigenvalue weighted by atomic mass is 9.96. The zero-order valence-electron chi connectivity index (χ0n) is 13.2. The smallest absolute Gasteiger partial charge is 0.0223 e. The fraction of sp³-hybridized carbons (Fsp3) is 1.00. The van der Waals surface area contributed by atoms with E-state index in [2.05, 4.69) is 44.8 Å². The van der Waals surface area contributed by atoms with Crippen molar-refractivity contribution in [1.82, 2.24) is 10.2 Å². The molecule has 0 aromatic carbocycles. The highest BCUT2D eigenvalue weighted by Gasteiger charge is 2.28. The van der Waals surface area contributed by atoms with Gasteiger partial charge in [0.2, 0.25) is 0 Å². The molecule has 0 bridgehead atoms. The molecule has 1 heterocycles. The van der Waals surface area contributed by atoms with Gasteiger partial charge in [-0.1, -0.05) is 47.5 Å². The van der Waals surface area contributed by atoms with Gasteiger partial charge in [-0.2, -0.15) is 0 Å². The van der Waals surface area contributed by atoms with Gasteiger partial charge in [-0.15, -0.1) is 0 Å². The summed E-state index contributed by atoms with van der Waals surface area (Å²) in [5, 5.41) is 3.76. The normalized spacial score (nSPS) is 27.7. The molecule has 3 unspecified atom stereocenters. The average molecular weight is 254 g/mol. The van der Waals surface area contributed by atoms with Crippen molar-refractivity contribution in [2.75, 3.05) is 19.6 Å². The van der Waals surface area contributed by atoms with Gasteiger partial charge in [-0.25, -0.2) is 0 Å². The highest BCUT2D eigenvalue weighted by molar-refractivity contribution is 4.87. The lowest BCUT2D eigenvalue weighted by Gasteiger charge is -2.42. The summed E-state index contributed by atoms with van der Waals surface area (Å²) < 4.78 is 0. The van der Waals surface area contributed by atoms with E-state index < -0.39 is 0 Å². The summed E-state index contributed by atoms with van der Waals surface area (Å²) in [4.78, 5) is 2.77. The van der Waals surface area contributed by atoms with E-state index in [1.807, 2.05) is 0 Å². The Morgan fingerprint density at radius 1 is 1.22 bits per heavy atom. The van der Waals surface area contributed by atoms with Gasteiger partial charge < -0.3 is 5.32 Å². The largest absolute Gasteiger partial charge is 0.311 e. The molecule has 1 fully saturated rings. The van der Waals surface area contributed by atoms with Crippen LogP contribution in [0.25, 0.3) is 0 Å². The highest BCUT2D eigenvalue weighted by atomic mass is 15.2. The van der Waals surface area contributed by atoms with Crippen LogP contribution < -0.4 is 5.32 Å². The second-order valence-corrected chi connectivity index (χ2v) is 6.64.